The van der Waals surface area contributed by atoms with Crippen LogP contribution in [-0.4, -0.2) is 32.1 Å². The van der Waals surface area contributed by atoms with Crippen molar-refractivity contribution < 1.29 is 23.1 Å². The second kappa shape index (κ2) is 12.2. The number of amides is 2. The highest BCUT2D eigenvalue weighted by molar-refractivity contribution is 6.03. The normalized spacial score (nSPS) is 10.6. The van der Waals surface area contributed by atoms with Crippen LogP contribution in [0, 0.1) is 17.0 Å². The number of hydrogen-bond acceptors (Lipinski definition) is 7. The molecular formula is C28H24F2N6O5. The van der Waals surface area contributed by atoms with Gasteiger partial charge in [-0.1, -0.05) is 0 Å². The Hall–Kier alpha value is -5.46. The molecule has 210 valence electrons. The number of anilines is 2. The van der Waals surface area contributed by atoms with Gasteiger partial charge < -0.3 is 20.8 Å². The number of halogens is 2. The van der Waals surface area contributed by atoms with E-state index >= 15 is 4.39 Å². The fourth-order valence-corrected chi connectivity index (χ4v) is 3.86. The highest BCUT2D eigenvalue weighted by Crippen LogP contribution is 2.30. The maximum atomic E-state index is 15.0. The quantitative estimate of drug-likeness (QED) is 0.264. The molecule has 0 radical (unpaired) electrons. The van der Waals surface area contributed by atoms with E-state index in [0.717, 1.165) is 39.7 Å². The van der Waals surface area contributed by atoms with Gasteiger partial charge in [-0.05, 0) is 43.3 Å². The Balaban J connectivity index is 1.62. The van der Waals surface area contributed by atoms with Crippen LogP contribution in [0.2, 0.25) is 0 Å². The minimum Gasteiger partial charge on any atom is -0.452 e. The molecule has 2 aromatic heterocycles. The summed E-state index contributed by atoms with van der Waals surface area (Å²) in [5, 5.41) is 12.3. The monoisotopic (exact) mass is 562 g/mol. The Morgan fingerprint density at radius 2 is 1.76 bits per heavy atom. The molecule has 2 amide bonds. The van der Waals surface area contributed by atoms with Crippen molar-refractivity contribution in [2.75, 3.05) is 10.6 Å². The van der Waals surface area contributed by atoms with Crippen LogP contribution >= 0.6 is 0 Å². The van der Waals surface area contributed by atoms with E-state index < -0.39 is 34.4 Å². The molecule has 41 heavy (non-hydrogen) atoms. The number of benzene rings is 2. The van der Waals surface area contributed by atoms with Crippen molar-refractivity contribution in [2.24, 2.45) is 0 Å². The summed E-state index contributed by atoms with van der Waals surface area (Å²) in [5.74, 6) is -2.79. The summed E-state index contributed by atoms with van der Waals surface area (Å²) in [6.45, 7) is 3.10. The van der Waals surface area contributed by atoms with Crippen LogP contribution in [0.15, 0.2) is 70.5 Å². The Morgan fingerprint density at radius 1 is 1.02 bits per heavy atom. The molecule has 0 fully saturated rings. The Kier molecular flexibility index (Phi) is 8.46. The number of aryl methyl sites for hydroxylation is 1. The van der Waals surface area contributed by atoms with E-state index in [4.69, 9.17) is 10.1 Å². The molecule has 3 N–H and O–H groups in total. The first-order chi connectivity index (χ1) is 19.6. The predicted octanol–water partition coefficient (Wildman–Crippen LogP) is 3.89. The van der Waals surface area contributed by atoms with Gasteiger partial charge in [-0.2, -0.15) is 0 Å². The standard InChI is InChI=1S/C28H24F2N6O5/c1-3-35-15-21(27(39)36(28(35)40)20-7-4-17(29)5-8-20)26(38)34-18-6-9-24(22(30)12-18)41-25-13-19(33-16(2)37)14-32-23(25)10-11-31/h4-9,11-15,31H,3,10H2,1-2H3,(H,33,37)(H,34,38). The lowest BCUT2D eigenvalue weighted by Crippen LogP contribution is -2.42. The summed E-state index contributed by atoms with van der Waals surface area (Å²) >= 11 is 0. The fourth-order valence-electron chi connectivity index (χ4n) is 3.86. The van der Waals surface area contributed by atoms with Gasteiger partial charge in [-0.25, -0.2) is 18.1 Å². The van der Waals surface area contributed by atoms with E-state index in [9.17, 15) is 23.6 Å². The smallest absolute Gasteiger partial charge is 0.335 e. The number of carbonyl (C=O) groups excluding carboxylic acids is 2. The zero-order valence-electron chi connectivity index (χ0n) is 21.9. The van der Waals surface area contributed by atoms with Gasteiger partial charge in [0.2, 0.25) is 5.91 Å². The highest BCUT2D eigenvalue weighted by atomic mass is 19.1. The van der Waals surface area contributed by atoms with Crippen molar-refractivity contribution in [1.82, 2.24) is 14.1 Å². The Labute approximate surface area is 231 Å². The zero-order valence-corrected chi connectivity index (χ0v) is 21.9. The second-order valence-electron chi connectivity index (χ2n) is 8.69. The molecule has 2 heterocycles. The molecule has 0 saturated heterocycles. The van der Waals surface area contributed by atoms with Crippen molar-refractivity contribution in [3.63, 3.8) is 0 Å². The number of rotatable bonds is 9. The number of nitrogens with one attached hydrogen (secondary N) is 3. The van der Waals surface area contributed by atoms with Gasteiger partial charge in [-0.15, -0.1) is 0 Å². The van der Waals surface area contributed by atoms with Crippen LogP contribution in [0.25, 0.3) is 5.69 Å². The number of aromatic nitrogens is 3. The average Bonchev–Trinajstić information content (AvgIpc) is 2.92. The lowest BCUT2D eigenvalue weighted by Gasteiger charge is -2.14. The van der Waals surface area contributed by atoms with Crippen LogP contribution in [0.3, 0.4) is 0 Å². The van der Waals surface area contributed by atoms with Gasteiger partial charge in [0.25, 0.3) is 11.5 Å². The van der Waals surface area contributed by atoms with Crippen molar-refractivity contribution >= 4 is 29.4 Å². The first-order valence-electron chi connectivity index (χ1n) is 12.3. The molecular weight excluding hydrogens is 538 g/mol. The average molecular weight is 563 g/mol. The number of nitrogens with zero attached hydrogens (tertiary/aromatic N) is 3. The van der Waals surface area contributed by atoms with Crippen LogP contribution < -0.4 is 26.6 Å². The number of pyridine rings is 1. The fraction of sp³-hybridized carbons (Fsp3) is 0.143. The third-order valence-corrected chi connectivity index (χ3v) is 5.78. The molecule has 2 aromatic carbocycles. The van der Waals surface area contributed by atoms with Gasteiger partial charge in [0.05, 0.1) is 23.3 Å². The number of ether oxygens (including phenoxy) is 1. The Morgan fingerprint density at radius 3 is 2.39 bits per heavy atom. The summed E-state index contributed by atoms with van der Waals surface area (Å²) in [6, 6.07) is 9.64. The van der Waals surface area contributed by atoms with Crippen molar-refractivity contribution in [3.8, 4) is 17.2 Å². The van der Waals surface area contributed by atoms with Crippen molar-refractivity contribution in [2.45, 2.75) is 26.8 Å². The molecule has 4 aromatic rings. The zero-order chi connectivity index (χ0) is 29.7. The Bertz CT molecular complexity index is 1770. The summed E-state index contributed by atoms with van der Waals surface area (Å²) in [7, 11) is 0. The summed E-state index contributed by atoms with van der Waals surface area (Å²) < 4.78 is 36.0. The molecule has 0 aliphatic rings. The number of carbonyl (C=O) groups is 2. The van der Waals surface area contributed by atoms with Gasteiger partial charge in [0, 0.05) is 50.1 Å². The van der Waals surface area contributed by atoms with Gasteiger partial charge >= 0.3 is 5.69 Å². The van der Waals surface area contributed by atoms with Gasteiger partial charge in [0.1, 0.15) is 11.4 Å². The van der Waals surface area contributed by atoms with Crippen LogP contribution in [0.5, 0.6) is 11.5 Å². The lowest BCUT2D eigenvalue weighted by molar-refractivity contribution is -0.114. The molecule has 0 unspecified atom stereocenters. The van der Waals surface area contributed by atoms with Gasteiger partial charge in [0.15, 0.2) is 17.3 Å². The predicted molar refractivity (Wildman–Crippen MR) is 147 cm³/mol. The van der Waals surface area contributed by atoms with E-state index in [1.165, 1.54) is 43.5 Å². The summed E-state index contributed by atoms with van der Waals surface area (Å²) in [5.41, 5.74) is -1.34. The van der Waals surface area contributed by atoms with E-state index in [-0.39, 0.29) is 41.7 Å². The molecule has 4 rings (SSSR count). The lowest BCUT2D eigenvalue weighted by atomic mass is 10.2. The van der Waals surface area contributed by atoms with Crippen molar-refractivity contribution in [1.29, 1.82) is 5.41 Å². The first-order valence-corrected chi connectivity index (χ1v) is 12.3. The maximum Gasteiger partial charge on any atom is 0.335 e. The van der Waals surface area contributed by atoms with E-state index in [1.807, 2.05) is 0 Å². The van der Waals surface area contributed by atoms with Crippen LogP contribution in [0.1, 0.15) is 29.9 Å². The highest BCUT2D eigenvalue weighted by Gasteiger charge is 2.19. The third-order valence-electron chi connectivity index (χ3n) is 5.78. The van der Waals surface area contributed by atoms with Gasteiger partial charge in [-0.3, -0.25) is 23.9 Å². The molecule has 11 nitrogen and oxygen atoms in total. The van der Waals surface area contributed by atoms with Crippen LogP contribution in [0.4, 0.5) is 20.2 Å². The molecule has 0 bridgehead atoms. The molecule has 0 saturated carbocycles. The second-order valence-corrected chi connectivity index (χ2v) is 8.69. The third kappa shape index (κ3) is 6.41. The molecule has 0 atom stereocenters. The van der Waals surface area contributed by atoms with Crippen molar-refractivity contribution in [3.05, 3.63) is 105 Å². The molecule has 0 aliphatic heterocycles. The maximum absolute atomic E-state index is 15.0. The molecule has 0 spiro atoms. The topological polar surface area (TPSA) is 148 Å². The van der Waals surface area contributed by atoms with Crippen LogP contribution in [-0.2, 0) is 17.8 Å². The number of hydrogen-bond donors (Lipinski definition) is 3. The molecule has 0 aliphatic carbocycles. The minimum atomic E-state index is -0.936. The van der Waals surface area contributed by atoms with E-state index in [2.05, 4.69) is 15.6 Å². The summed E-state index contributed by atoms with van der Waals surface area (Å²) in [6.07, 6.45) is 3.68. The minimum absolute atomic E-state index is 0.00772. The first kappa shape index (κ1) is 28.5. The van der Waals surface area contributed by atoms with E-state index in [1.54, 1.807) is 6.92 Å². The molecule has 13 heteroatoms. The SMILES string of the molecule is CCn1cc(C(=O)Nc2ccc(Oc3cc(NC(C)=O)cnc3CC=N)c(F)c2)c(=O)n(-c2ccc(F)cc2)c1=O. The summed E-state index contributed by atoms with van der Waals surface area (Å²) in [4.78, 5) is 54.6. The van der Waals surface area contributed by atoms with E-state index in [0.29, 0.717) is 11.4 Å². The largest absolute Gasteiger partial charge is 0.452 e.